The first kappa shape index (κ1) is 24.2. The zero-order valence-corrected chi connectivity index (χ0v) is 19.0. The molecule has 1 aliphatic heterocycles. The van der Waals surface area contributed by atoms with Crippen molar-refractivity contribution < 1.29 is 24.0 Å². The van der Waals surface area contributed by atoms with Crippen molar-refractivity contribution in [2.45, 2.75) is 25.3 Å². The predicted octanol–water partition coefficient (Wildman–Crippen LogP) is 2.97. The van der Waals surface area contributed by atoms with Gasteiger partial charge >= 0.3 is 5.97 Å². The first-order valence-corrected chi connectivity index (χ1v) is 11.9. The number of anilines is 1. The Morgan fingerprint density at radius 2 is 2.00 bits per heavy atom. The summed E-state index contributed by atoms with van der Waals surface area (Å²) >= 11 is 1.49. The number of hydrogen-bond donors (Lipinski definition) is 1. The number of nitro benzene ring substituents is 1. The molecule has 0 spiro atoms. The highest BCUT2D eigenvalue weighted by Crippen LogP contribution is 2.26. The largest absolute Gasteiger partial charge is 0.454 e. The lowest BCUT2D eigenvalue weighted by atomic mass is 10.0. The van der Waals surface area contributed by atoms with E-state index in [9.17, 15) is 24.5 Å². The van der Waals surface area contributed by atoms with E-state index in [1.165, 1.54) is 30.0 Å². The van der Waals surface area contributed by atoms with Crippen LogP contribution in [0.2, 0.25) is 0 Å². The molecule has 1 aliphatic rings. The molecular weight excluding hydrogens is 446 g/mol. The molecule has 0 radical (unpaired) electrons. The number of carbonyl (C=O) groups is 3. The van der Waals surface area contributed by atoms with Crippen molar-refractivity contribution in [2.24, 2.45) is 0 Å². The van der Waals surface area contributed by atoms with Crippen molar-refractivity contribution in [2.75, 3.05) is 30.1 Å². The van der Waals surface area contributed by atoms with E-state index in [-0.39, 0.29) is 17.2 Å². The van der Waals surface area contributed by atoms with Gasteiger partial charge in [0.25, 0.3) is 17.5 Å². The molecule has 33 heavy (non-hydrogen) atoms. The van der Waals surface area contributed by atoms with Gasteiger partial charge in [0.1, 0.15) is 6.04 Å². The summed E-state index contributed by atoms with van der Waals surface area (Å²) in [4.78, 5) is 50.0. The number of hydrogen-bond acceptors (Lipinski definition) is 7. The lowest BCUT2D eigenvalue weighted by Crippen LogP contribution is -2.44. The number of amides is 2. The summed E-state index contributed by atoms with van der Waals surface area (Å²) in [7, 11) is 0. The highest BCUT2D eigenvalue weighted by molar-refractivity contribution is 7.98. The number of nitro groups is 1. The van der Waals surface area contributed by atoms with Gasteiger partial charge in [0.2, 0.25) is 0 Å². The monoisotopic (exact) mass is 471 g/mol. The summed E-state index contributed by atoms with van der Waals surface area (Å²) in [6.45, 7) is 0.114. The standard InChI is InChI=1S/C23H25N3O6S/c1-33-13-11-19(24-22(28)17-7-4-9-18(14-17)26(30)31)23(29)32-15-21(27)25-12-5-8-16-6-2-3-10-20(16)25/h2-4,6-7,9-10,14,19H,5,8,11-13,15H2,1H3,(H,24,28)/t19-/m0/s1. The topological polar surface area (TPSA) is 119 Å². The molecule has 0 aliphatic carbocycles. The van der Waals surface area contributed by atoms with Crippen molar-refractivity contribution in [3.05, 3.63) is 69.8 Å². The van der Waals surface area contributed by atoms with Crippen molar-refractivity contribution in [3.8, 4) is 0 Å². The maximum Gasteiger partial charge on any atom is 0.329 e. The second kappa shape index (κ2) is 11.5. The summed E-state index contributed by atoms with van der Waals surface area (Å²) in [6.07, 6.45) is 3.87. The van der Waals surface area contributed by atoms with Crippen LogP contribution in [-0.2, 0) is 20.7 Å². The smallest absolute Gasteiger partial charge is 0.329 e. The van der Waals surface area contributed by atoms with Crippen LogP contribution in [0.3, 0.4) is 0 Å². The molecule has 0 aromatic heterocycles. The number of nitrogens with one attached hydrogen (secondary N) is 1. The zero-order valence-electron chi connectivity index (χ0n) is 18.2. The number of esters is 1. The van der Waals surface area contributed by atoms with Gasteiger partial charge in [-0.15, -0.1) is 0 Å². The summed E-state index contributed by atoms with van der Waals surface area (Å²) in [6, 6.07) is 11.9. The molecule has 174 valence electrons. The number of non-ortho nitro benzene ring substituents is 1. The van der Waals surface area contributed by atoms with Gasteiger partial charge in [-0.2, -0.15) is 11.8 Å². The number of ether oxygens (including phenoxy) is 1. The molecule has 0 bridgehead atoms. The van der Waals surface area contributed by atoms with Gasteiger partial charge in [-0.25, -0.2) is 4.79 Å². The highest BCUT2D eigenvalue weighted by Gasteiger charge is 2.27. The van der Waals surface area contributed by atoms with Crippen LogP contribution < -0.4 is 10.2 Å². The maximum atomic E-state index is 12.7. The molecule has 1 N–H and O–H groups in total. The van der Waals surface area contributed by atoms with E-state index in [1.807, 2.05) is 30.5 Å². The third-order valence-electron chi connectivity index (χ3n) is 5.27. The van der Waals surface area contributed by atoms with Crippen LogP contribution in [0, 0.1) is 10.1 Å². The first-order chi connectivity index (χ1) is 15.9. The quantitative estimate of drug-likeness (QED) is 0.339. The van der Waals surface area contributed by atoms with Gasteiger partial charge in [-0.05, 0) is 49.0 Å². The SMILES string of the molecule is CSCC[C@H](NC(=O)c1cccc([N+](=O)[O-])c1)C(=O)OCC(=O)N1CCCc2ccccc21. The molecule has 2 aromatic rings. The molecule has 0 unspecified atom stereocenters. The number of rotatable bonds is 9. The molecular formula is C23H25N3O6S. The molecule has 9 nitrogen and oxygen atoms in total. The van der Waals surface area contributed by atoms with Crippen LogP contribution in [0.25, 0.3) is 0 Å². The van der Waals surface area contributed by atoms with Gasteiger partial charge in [-0.3, -0.25) is 19.7 Å². The zero-order chi connectivity index (χ0) is 23.8. The van der Waals surface area contributed by atoms with Crippen LogP contribution in [0.15, 0.2) is 48.5 Å². The van der Waals surface area contributed by atoms with E-state index in [0.717, 1.165) is 30.2 Å². The van der Waals surface area contributed by atoms with Crippen molar-refractivity contribution >= 4 is 40.9 Å². The molecule has 0 fully saturated rings. The van der Waals surface area contributed by atoms with Crippen LogP contribution in [0.5, 0.6) is 0 Å². The molecule has 2 amide bonds. The Bertz CT molecular complexity index is 1040. The number of para-hydroxylation sites is 1. The van der Waals surface area contributed by atoms with Crippen molar-refractivity contribution in [1.29, 1.82) is 0 Å². The minimum Gasteiger partial charge on any atom is -0.454 e. The average Bonchev–Trinajstić information content (AvgIpc) is 2.84. The Kier molecular flexibility index (Phi) is 8.42. The van der Waals surface area contributed by atoms with Crippen LogP contribution >= 0.6 is 11.8 Å². The van der Waals surface area contributed by atoms with Crippen molar-refractivity contribution in [3.63, 3.8) is 0 Å². The van der Waals surface area contributed by atoms with Crippen LogP contribution in [0.1, 0.15) is 28.8 Å². The normalized spacial score (nSPS) is 13.5. The first-order valence-electron chi connectivity index (χ1n) is 10.5. The summed E-state index contributed by atoms with van der Waals surface area (Å²) in [5, 5.41) is 13.5. The van der Waals surface area contributed by atoms with Gasteiger partial charge < -0.3 is 15.0 Å². The van der Waals surface area contributed by atoms with Gasteiger partial charge in [0.05, 0.1) is 4.92 Å². The Morgan fingerprint density at radius 1 is 1.21 bits per heavy atom. The van der Waals surface area contributed by atoms with E-state index < -0.39 is 29.4 Å². The van der Waals surface area contributed by atoms with E-state index in [2.05, 4.69) is 5.32 Å². The number of aryl methyl sites for hydroxylation is 1. The number of carbonyl (C=O) groups excluding carboxylic acids is 3. The highest BCUT2D eigenvalue weighted by atomic mass is 32.2. The Hall–Kier alpha value is -3.40. The molecule has 2 aromatic carbocycles. The lowest BCUT2D eigenvalue weighted by molar-refractivity contribution is -0.384. The molecule has 1 heterocycles. The fourth-order valence-corrected chi connectivity index (χ4v) is 4.06. The minimum atomic E-state index is -0.981. The van der Waals surface area contributed by atoms with Crippen molar-refractivity contribution in [1.82, 2.24) is 5.32 Å². The number of fused-ring (bicyclic) bond motifs is 1. The van der Waals surface area contributed by atoms with E-state index in [4.69, 9.17) is 4.74 Å². The number of nitrogens with zero attached hydrogens (tertiary/aromatic N) is 2. The summed E-state index contributed by atoms with van der Waals surface area (Å²) < 4.78 is 5.27. The predicted molar refractivity (Wildman–Crippen MR) is 125 cm³/mol. The summed E-state index contributed by atoms with van der Waals surface area (Å²) in [5.41, 5.74) is 1.73. The Labute approximate surface area is 195 Å². The Balaban J connectivity index is 1.63. The number of thioether (sulfide) groups is 1. The molecule has 1 atom stereocenters. The lowest BCUT2D eigenvalue weighted by Gasteiger charge is -2.29. The molecule has 0 saturated carbocycles. The third kappa shape index (κ3) is 6.32. The van der Waals surface area contributed by atoms with Gasteiger partial charge in [-0.1, -0.05) is 24.3 Å². The van der Waals surface area contributed by atoms with Crippen LogP contribution in [0.4, 0.5) is 11.4 Å². The fourth-order valence-electron chi connectivity index (χ4n) is 3.59. The second-order valence-corrected chi connectivity index (χ2v) is 8.49. The Morgan fingerprint density at radius 3 is 2.76 bits per heavy atom. The maximum absolute atomic E-state index is 12.7. The van der Waals surface area contributed by atoms with Crippen LogP contribution in [-0.4, -0.2) is 53.9 Å². The molecule has 10 heteroatoms. The van der Waals surface area contributed by atoms with E-state index in [0.29, 0.717) is 18.7 Å². The third-order valence-corrected chi connectivity index (χ3v) is 5.91. The molecule has 0 saturated heterocycles. The second-order valence-electron chi connectivity index (χ2n) is 7.50. The van der Waals surface area contributed by atoms with E-state index >= 15 is 0 Å². The molecule has 3 rings (SSSR count). The minimum absolute atomic E-state index is 0.0622. The van der Waals surface area contributed by atoms with Gasteiger partial charge in [0.15, 0.2) is 6.61 Å². The summed E-state index contributed by atoms with van der Waals surface area (Å²) in [5.74, 6) is -1.11. The van der Waals surface area contributed by atoms with E-state index in [1.54, 1.807) is 4.90 Å². The van der Waals surface area contributed by atoms with Gasteiger partial charge in [0, 0.05) is 29.9 Å². The number of benzene rings is 2. The fraction of sp³-hybridized carbons (Fsp3) is 0.348. The average molecular weight is 472 g/mol.